The summed E-state index contributed by atoms with van der Waals surface area (Å²) in [4.78, 5) is 27.7. The van der Waals surface area contributed by atoms with Gasteiger partial charge in [0.2, 0.25) is 5.78 Å². The lowest BCUT2D eigenvalue weighted by Gasteiger charge is -2.13. The number of carbonyl (C=O) groups excluding carboxylic acids is 1. The predicted octanol–water partition coefficient (Wildman–Crippen LogP) is 4.01. The van der Waals surface area contributed by atoms with Crippen LogP contribution in [0.2, 0.25) is 0 Å². The first-order valence-electron chi connectivity index (χ1n) is 8.61. The second kappa shape index (κ2) is 8.01. The molecule has 28 heavy (non-hydrogen) atoms. The molecule has 0 aliphatic heterocycles. The highest BCUT2D eigenvalue weighted by atomic mass is 16.6. The van der Waals surface area contributed by atoms with Crippen LogP contribution in [0.1, 0.15) is 34.8 Å². The number of aryl methyl sites for hydroxylation is 1. The number of ketones is 1. The molecule has 3 rings (SSSR count). The van der Waals surface area contributed by atoms with Crippen molar-refractivity contribution < 1.29 is 14.5 Å². The van der Waals surface area contributed by atoms with Crippen LogP contribution in [0.3, 0.4) is 0 Å². The van der Waals surface area contributed by atoms with Gasteiger partial charge in [0.1, 0.15) is 5.69 Å². The van der Waals surface area contributed by atoms with Crippen LogP contribution >= 0.6 is 0 Å². The zero-order valence-electron chi connectivity index (χ0n) is 15.7. The number of hydrogen-bond donors (Lipinski definition) is 1. The molecule has 0 aliphatic rings. The maximum atomic E-state index is 12.6. The molecule has 0 bridgehead atoms. The Kier molecular flexibility index (Phi) is 5.51. The second-order valence-corrected chi connectivity index (χ2v) is 6.31. The van der Waals surface area contributed by atoms with Crippen molar-refractivity contribution in [2.24, 2.45) is 7.05 Å². The first kappa shape index (κ1) is 19.2. The molecular formula is C20H20N4O4. The Hall–Kier alpha value is -3.52. The normalized spacial score (nSPS) is 11.8. The number of ether oxygens (including phenoxy) is 1. The molecule has 0 spiro atoms. The molecule has 1 N–H and O–H groups in total. The summed E-state index contributed by atoms with van der Waals surface area (Å²) < 4.78 is 6.88. The SMILES string of the molecule is COC(C)c1cccc(Nc2ccc(C(=O)c3nccn3C)cc2[N+](=O)[O-])c1. The Morgan fingerprint density at radius 1 is 1.29 bits per heavy atom. The quantitative estimate of drug-likeness (QED) is 0.378. The zero-order chi connectivity index (χ0) is 20.3. The number of nitro groups is 1. The van der Waals surface area contributed by atoms with E-state index in [0.717, 1.165) is 5.56 Å². The van der Waals surface area contributed by atoms with Crippen LogP contribution in [0.4, 0.5) is 17.1 Å². The van der Waals surface area contributed by atoms with Crippen molar-refractivity contribution in [2.45, 2.75) is 13.0 Å². The highest BCUT2D eigenvalue weighted by Crippen LogP contribution is 2.30. The van der Waals surface area contributed by atoms with Crippen LogP contribution in [0, 0.1) is 10.1 Å². The summed E-state index contributed by atoms with van der Waals surface area (Å²) >= 11 is 0. The number of rotatable bonds is 7. The largest absolute Gasteiger partial charge is 0.377 e. The minimum atomic E-state index is -0.515. The highest BCUT2D eigenvalue weighted by Gasteiger charge is 2.21. The Morgan fingerprint density at radius 2 is 2.07 bits per heavy atom. The number of nitro benzene ring substituents is 1. The molecule has 8 heteroatoms. The number of aromatic nitrogens is 2. The molecule has 0 saturated carbocycles. The molecule has 2 aromatic carbocycles. The van der Waals surface area contributed by atoms with Crippen molar-refractivity contribution in [3.8, 4) is 0 Å². The van der Waals surface area contributed by atoms with Crippen LogP contribution in [0.25, 0.3) is 0 Å². The van der Waals surface area contributed by atoms with Gasteiger partial charge in [0.25, 0.3) is 5.69 Å². The fourth-order valence-corrected chi connectivity index (χ4v) is 2.80. The fourth-order valence-electron chi connectivity index (χ4n) is 2.80. The smallest absolute Gasteiger partial charge is 0.293 e. The molecule has 144 valence electrons. The molecule has 1 aromatic heterocycles. The summed E-state index contributed by atoms with van der Waals surface area (Å²) in [6.45, 7) is 1.92. The molecular weight excluding hydrogens is 360 g/mol. The summed E-state index contributed by atoms with van der Waals surface area (Å²) in [5.41, 5.74) is 1.94. The van der Waals surface area contributed by atoms with E-state index in [-0.39, 0.29) is 29.0 Å². The molecule has 0 aliphatic carbocycles. The molecule has 8 nitrogen and oxygen atoms in total. The lowest BCUT2D eigenvalue weighted by molar-refractivity contribution is -0.383. The topological polar surface area (TPSA) is 99.3 Å². The molecule has 3 aromatic rings. The Bertz CT molecular complexity index is 1030. The molecule has 0 saturated heterocycles. The third kappa shape index (κ3) is 3.91. The van der Waals surface area contributed by atoms with E-state index < -0.39 is 4.92 Å². The number of anilines is 2. The monoisotopic (exact) mass is 380 g/mol. The van der Waals surface area contributed by atoms with Crippen LogP contribution in [0.5, 0.6) is 0 Å². The minimum absolute atomic E-state index is 0.102. The van der Waals surface area contributed by atoms with E-state index >= 15 is 0 Å². The summed E-state index contributed by atoms with van der Waals surface area (Å²) in [6.07, 6.45) is 3.05. The fraction of sp³-hybridized carbons (Fsp3) is 0.200. The van der Waals surface area contributed by atoms with Gasteiger partial charge in [-0.25, -0.2) is 4.98 Å². The van der Waals surface area contributed by atoms with Gasteiger partial charge in [-0.3, -0.25) is 14.9 Å². The summed E-state index contributed by atoms with van der Waals surface area (Å²) in [5.74, 6) is -0.158. The van der Waals surface area contributed by atoms with E-state index in [2.05, 4.69) is 10.3 Å². The minimum Gasteiger partial charge on any atom is -0.377 e. The van der Waals surface area contributed by atoms with E-state index in [0.29, 0.717) is 11.4 Å². The number of methoxy groups -OCH3 is 1. The van der Waals surface area contributed by atoms with Crippen molar-refractivity contribution in [2.75, 3.05) is 12.4 Å². The third-order valence-electron chi connectivity index (χ3n) is 4.47. The molecule has 0 radical (unpaired) electrons. The number of carbonyl (C=O) groups is 1. The van der Waals surface area contributed by atoms with Gasteiger partial charge >= 0.3 is 0 Å². The van der Waals surface area contributed by atoms with E-state index in [9.17, 15) is 14.9 Å². The Morgan fingerprint density at radius 3 is 2.71 bits per heavy atom. The first-order chi connectivity index (χ1) is 13.4. The van der Waals surface area contributed by atoms with Gasteiger partial charge in [-0.15, -0.1) is 0 Å². The second-order valence-electron chi connectivity index (χ2n) is 6.31. The number of benzene rings is 2. The highest BCUT2D eigenvalue weighted by molar-refractivity contribution is 6.07. The van der Waals surface area contributed by atoms with E-state index in [1.54, 1.807) is 31.0 Å². The molecule has 1 heterocycles. The van der Waals surface area contributed by atoms with Gasteiger partial charge in [0, 0.05) is 43.9 Å². The average molecular weight is 380 g/mol. The van der Waals surface area contributed by atoms with Gasteiger partial charge in [-0.05, 0) is 36.8 Å². The van der Waals surface area contributed by atoms with Crippen molar-refractivity contribution in [3.63, 3.8) is 0 Å². The lowest BCUT2D eigenvalue weighted by Crippen LogP contribution is -2.09. The molecule has 0 fully saturated rings. The molecule has 1 atom stereocenters. The van der Waals surface area contributed by atoms with Crippen LogP contribution in [-0.2, 0) is 11.8 Å². The first-order valence-corrected chi connectivity index (χ1v) is 8.61. The van der Waals surface area contributed by atoms with Crippen LogP contribution < -0.4 is 5.32 Å². The van der Waals surface area contributed by atoms with Gasteiger partial charge in [0.05, 0.1) is 11.0 Å². The van der Waals surface area contributed by atoms with Gasteiger partial charge in [-0.1, -0.05) is 12.1 Å². The number of hydrogen-bond acceptors (Lipinski definition) is 6. The Labute approximate surface area is 161 Å². The third-order valence-corrected chi connectivity index (χ3v) is 4.47. The van der Waals surface area contributed by atoms with Crippen molar-refractivity contribution in [1.82, 2.24) is 9.55 Å². The van der Waals surface area contributed by atoms with Gasteiger partial charge < -0.3 is 14.6 Å². The molecule has 1 unspecified atom stereocenters. The van der Waals surface area contributed by atoms with Crippen LogP contribution in [-0.4, -0.2) is 27.4 Å². The maximum absolute atomic E-state index is 12.6. The number of nitrogens with one attached hydrogen (secondary N) is 1. The summed E-state index contributed by atoms with van der Waals surface area (Å²) in [7, 11) is 3.31. The maximum Gasteiger partial charge on any atom is 0.293 e. The number of nitrogens with zero attached hydrogens (tertiary/aromatic N) is 3. The van der Waals surface area contributed by atoms with Crippen molar-refractivity contribution >= 4 is 22.8 Å². The lowest BCUT2D eigenvalue weighted by atomic mass is 10.1. The standard InChI is InChI=1S/C20H20N4O4/c1-13(28-3)14-5-4-6-16(11-14)22-17-8-7-15(12-18(17)24(26)27)19(25)20-21-9-10-23(20)2/h4-13,22H,1-3H3. The van der Waals surface area contributed by atoms with Crippen LogP contribution in [0.15, 0.2) is 54.9 Å². The summed E-state index contributed by atoms with van der Waals surface area (Å²) in [5, 5.41) is 14.6. The van der Waals surface area contributed by atoms with Gasteiger partial charge in [0.15, 0.2) is 5.82 Å². The molecule has 0 amide bonds. The zero-order valence-corrected chi connectivity index (χ0v) is 15.7. The van der Waals surface area contributed by atoms with Crippen molar-refractivity contribution in [1.29, 1.82) is 0 Å². The van der Waals surface area contributed by atoms with Gasteiger partial charge in [-0.2, -0.15) is 0 Å². The Balaban J connectivity index is 1.93. The van der Waals surface area contributed by atoms with Crippen molar-refractivity contribution in [3.05, 3.63) is 81.9 Å². The predicted molar refractivity (Wildman–Crippen MR) is 105 cm³/mol. The number of imidazole rings is 1. The average Bonchev–Trinajstić information content (AvgIpc) is 3.13. The van der Waals surface area contributed by atoms with E-state index in [1.807, 2.05) is 31.2 Å². The van der Waals surface area contributed by atoms with E-state index in [4.69, 9.17) is 4.74 Å². The summed E-state index contributed by atoms with van der Waals surface area (Å²) in [6, 6.07) is 11.8. The van der Waals surface area contributed by atoms with E-state index in [1.165, 1.54) is 18.3 Å².